The molecule has 0 aliphatic carbocycles. The second-order valence-electron chi connectivity index (χ2n) is 4.50. The van der Waals surface area contributed by atoms with E-state index in [1.54, 1.807) is 16.8 Å². The first kappa shape index (κ1) is 11.6. The SMILES string of the molecule is CC(C)c1nn(C)cc1-c1cc(N)ccc1F. The van der Waals surface area contributed by atoms with Gasteiger partial charge in [0.15, 0.2) is 0 Å². The Morgan fingerprint density at radius 2 is 2.00 bits per heavy atom. The van der Waals surface area contributed by atoms with Gasteiger partial charge in [-0.1, -0.05) is 13.8 Å². The van der Waals surface area contributed by atoms with Crippen molar-refractivity contribution in [1.82, 2.24) is 9.78 Å². The zero-order valence-corrected chi connectivity index (χ0v) is 10.2. The van der Waals surface area contributed by atoms with E-state index in [1.165, 1.54) is 6.07 Å². The smallest absolute Gasteiger partial charge is 0.131 e. The average molecular weight is 233 g/mol. The van der Waals surface area contributed by atoms with Gasteiger partial charge in [0.1, 0.15) is 5.82 Å². The van der Waals surface area contributed by atoms with Crippen molar-refractivity contribution in [2.45, 2.75) is 19.8 Å². The molecule has 3 nitrogen and oxygen atoms in total. The maximum absolute atomic E-state index is 13.8. The molecule has 90 valence electrons. The van der Waals surface area contributed by atoms with Crippen LogP contribution in [0.25, 0.3) is 11.1 Å². The molecular formula is C13H16FN3. The van der Waals surface area contributed by atoms with Crippen LogP contribution in [0, 0.1) is 5.82 Å². The van der Waals surface area contributed by atoms with Crippen LogP contribution in [0.3, 0.4) is 0 Å². The quantitative estimate of drug-likeness (QED) is 0.810. The molecule has 2 rings (SSSR count). The molecule has 0 radical (unpaired) electrons. The van der Waals surface area contributed by atoms with Crippen LogP contribution in [0.15, 0.2) is 24.4 Å². The first-order chi connectivity index (χ1) is 7.99. The van der Waals surface area contributed by atoms with Gasteiger partial charge >= 0.3 is 0 Å². The highest BCUT2D eigenvalue weighted by Gasteiger charge is 2.16. The van der Waals surface area contributed by atoms with Crippen molar-refractivity contribution in [3.05, 3.63) is 35.9 Å². The summed E-state index contributed by atoms with van der Waals surface area (Å²) >= 11 is 0. The van der Waals surface area contributed by atoms with Crippen LogP contribution in [-0.4, -0.2) is 9.78 Å². The van der Waals surface area contributed by atoms with Crippen molar-refractivity contribution in [2.75, 3.05) is 5.73 Å². The number of aryl methyl sites for hydroxylation is 1. The predicted octanol–water partition coefficient (Wildman–Crippen LogP) is 2.93. The Bertz CT molecular complexity index is 544. The van der Waals surface area contributed by atoms with Gasteiger partial charge in [-0.25, -0.2) is 4.39 Å². The molecule has 1 heterocycles. The highest BCUT2D eigenvalue weighted by atomic mass is 19.1. The van der Waals surface area contributed by atoms with E-state index in [9.17, 15) is 4.39 Å². The molecule has 0 unspecified atom stereocenters. The molecule has 2 aromatic rings. The third kappa shape index (κ3) is 2.16. The Morgan fingerprint density at radius 1 is 1.29 bits per heavy atom. The molecule has 0 bridgehead atoms. The topological polar surface area (TPSA) is 43.8 Å². The largest absolute Gasteiger partial charge is 0.399 e. The van der Waals surface area contributed by atoms with Crippen LogP contribution in [0.4, 0.5) is 10.1 Å². The van der Waals surface area contributed by atoms with Crippen LogP contribution in [0.1, 0.15) is 25.5 Å². The molecule has 0 aliphatic rings. The summed E-state index contributed by atoms with van der Waals surface area (Å²) in [7, 11) is 1.83. The Morgan fingerprint density at radius 3 is 2.65 bits per heavy atom. The third-order valence-electron chi connectivity index (χ3n) is 2.68. The zero-order chi connectivity index (χ0) is 12.6. The number of nitrogens with zero attached hydrogens (tertiary/aromatic N) is 2. The molecule has 0 atom stereocenters. The maximum atomic E-state index is 13.8. The first-order valence-electron chi connectivity index (χ1n) is 5.58. The molecule has 17 heavy (non-hydrogen) atoms. The van der Waals surface area contributed by atoms with Crippen LogP contribution in [0.5, 0.6) is 0 Å². The van der Waals surface area contributed by atoms with Crippen molar-refractivity contribution >= 4 is 5.69 Å². The highest BCUT2D eigenvalue weighted by molar-refractivity contribution is 5.70. The number of benzene rings is 1. The van der Waals surface area contributed by atoms with Gasteiger partial charge < -0.3 is 5.73 Å². The van der Waals surface area contributed by atoms with Crippen LogP contribution in [-0.2, 0) is 7.05 Å². The summed E-state index contributed by atoms with van der Waals surface area (Å²) in [6, 6.07) is 4.60. The standard InChI is InChI=1S/C13H16FN3/c1-8(2)13-11(7-17(3)16-13)10-6-9(15)4-5-12(10)14/h4-8H,15H2,1-3H3. The summed E-state index contributed by atoms with van der Waals surface area (Å²) in [4.78, 5) is 0. The van der Waals surface area contributed by atoms with Gasteiger partial charge in [0, 0.05) is 30.1 Å². The highest BCUT2D eigenvalue weighted by Crippen LogP contribution is 2.31. The number of halogens is 1. The van der Waals surface area contributed by atoms with Gasteiger partial charge in [-0.15, -0.1) is 0 Å². The van der Waals surface area contributed by atoms with E-state index in [1.807, 2.05) is 27.1 Å². The minimum Gasteiger partial charge on any atom is -0.399 e. The Kier molecular flexibility index (Phi) is 2.88. The van der Waals surface area contributed by atoms with Gasteiger partial charge in [-0.2, -0.15) is 5.10 Å². The fourth-order valence-corrected chi connectivity index (χ4v) is 1.89. The van der Waals surface area contributed by atoms with Gasteiger partial charge in [0.25, 0.3) is 0 Å². The molecule has 0 spiro atoms. The van der Waals surface area contributed by atoms with Crippen molar-refractivity contribution in [1.29, 1.82) is 0 Å². The third-order valence-corrected chi connectivity index (χ3v) is 2.68. The number of nitrogen functional groups attached to an aromatic ring is 1. The van der Waals surface area contributed by atoms with Crippen molar-refractivity contribution in [2.24, 2.45) is 7.05 Å². The lowest BCUT2D eigenvalue weighted by molar-refractivity contribution is 0.631. The fourth-order valence-electron chi connectivity index (χ4n) is 1.89. The van der Waals surface area contributed by atoms with Crippen molar-refractivity contribution in [3.8, 4) is 11.1 Å². The van der Waals surface area contributed by atoms with Crippen molar-refractivity contribution < 1.29 is 4.39 Å². The number of rotatable bonds is 2. The second-order valence-corrected chi connectivity index (χ2v) is 4.50. The molecule has 0 saturated heterocycles. The molecule has 2 N–H and O–H groups in total. The Hall–Kier alpha value is -1.84. The van der Waals surface area contributed by atoms with Crippen molar-refractivity contribution in [3.63, 3.8) is 0 Å². The molecule has 0 saturated carbocycles. The zero-order valence-electron chi connectivity index (χ0n) is 10.2. The number of anilines is 1. The molecule has 4 heteroatoms. The first-order valence-corrected chi connectivity index (χ1v) is 5.58. The minimum atomic E-state index is -0.269. The number of hydrogen-bond donors (Lipinski definition) is 1. The summed E-state index contributed by atoms with van der Waals surface area (Å²) in [5, 5.41) is 4.37. The lowest BCUT2D eigenvalue weighted by Gasteiger charge is -2.07. The van der Waals surface area contributed by atoms with Gasteiger partial charge in [-0.3, -0.25) is 4.68 Å². The normalized spacial score (nSPS) is 11.1. The lowest BCUT2D eigenvalue weighted by atomic mass is 9.99. The lowest BCUT2D eigenvalue weighted by Crippen LogP contribution is -1.95. The monoisotopic (exact) mass is 233 g/mol. The number of hydrogen-bond acceptors (Lipinski definition) is 2. The average Bonchev–Trinajstić information content (AvgIpc) is 2.64. The molecule has 1 aromatic heterocycles. The molecular weight excluding hydrogens is 217 g/mol. The van der Waals surface area contributed by atoms with Crippen LogP contribution < -0.4 is 5.73 Å². The van der Waals surface area contributed by atoms with E-state index in [-0.39, 0.29) is 11.7 Å². The van der Waals surface area contributed by atoms with Gasteiger partial charge in [-0.05, 0) is 24.1 Å². The van der Waals surface area contributed by atoms with Gasteiger partial charge in [0.2, 0.25) is 0 Å². The fraction of sp³-hybridized carbons (Fsp3) is 0.308. The molecule has 0 fully saturated rings. The minimum absolute atomic E-state index is 0.243. The van der Waals surface area contributed by atoms with Gasteiger partial charge in [0.05, 0.1) is 5.69 Å². The molecule has 0 amide bonds. The molecule has 0 aliphatic heterocycles. The van der Waals surface area contributed by atoms with E-state index in [2.05, 4.69) is 5.10 Å². The van der Waals surface area contributed by atoms with E-state index in [0.29, 0.717) is 11.3 Å². The van der Waals surface area contributed by atoms with E-state index in [0.717, 1.165) is 11.3 Å². The van der Waals surface area contributed by atoms with E-state index < -0.39 is 0 Å². The molecule has 1 aromatic carbocycles. The summed E-state index contributed by atoms with van der Waals surface area (Å²) in [5.74, 6) is -0.0267. The summed E-state index contributed by atoms with van der Waals surface area (Å²) < 4.78 is 15.5. The number of nitrogens with two attached hydrogens (primary N) is 1. The van der Waals surface area contributed by atoms with E-state index in [4.69, 9.17) is 5.73 Å². The maximum Gasteiger partial charge on any atom is 0.131 e. The van der Waals surface area contributed by atoms with Crippen LogP contribution in [0.2, 0.25) is 0 Å². The Labute approximate surface area is 100 Å². The second kappa shape index (κ2) is 4.20. The van der Waals surface area contributed by atoms with Crippen LogP contribution >= 0.6 is 0 Å². The summed E-state index contributed by atoms with van der Waals surface area (Å²) in [6.07, 6.45) is 1.83. The predicted molar refractivity (Wildman–Crippen MR) is 67.1 cm³/mol. The Balaban J connectivity index is 2.63. The van der Waals surface area contributed by atoms with E-state index >= 15 is 0 Å². The summed E-state index contributed by atoms with van der Waals surface area (Å²) in [5.41, 5.74) is 8.47. The summed E-state index contributed by atoms with van der Waals surface area (Å²) in [6.45, 7) is 4.08. The number of aromatic nitrogens is 2.